The van der Waals surface area contributed by atoms with E-state index in [0.29, 0.717) is 33.6 Å². The first-order valence-electron chi connectivity index (χ1n) is 42.3. The van der Waals surface area contributed by atoms with Gasteiger partial charge in [-0.25, -0.2) is 0 Å². The number of thiophene rings is 2. The van der Waals surface area contributed by atoms with Crippen LogP contribution in [0.5, 0.6) is 0 Å². The SMILES string of the molecule is [2H]c1c([2H])c([2H])c2c(-c3ccc(-c4cccc5c4sc4cc6ccccc6cc45)cc3)c3c([2H])c([2H])c([2H])c([2H])c3c(-c3ccccc3)c2c1[2H].[2H]c1c([2H])c([2H])c2c(sc3c([2H])c4c([2H])c([2H])c([2H])c([2H])c4c([2H])c32)c1-c1c2c([2H])c([2H])c([2H])c([2H])c2c(-c2c([2H])c([2H])c3c([2H])c([2H])c([2H])c([2H])c3c2[2H])c2c([2H])c([2H])c([2H])c([2H])c12. The molecule has 0 nitrogen and oxygen atoms in total. The van der Waals surface area contributed by atoms with E-state index in [0.717, 1.165) is 15.8 Å². The molecule has 0 N–H and O–H groups in total. The van der Waals surface area contributed by atoms with Crippen LogP contribution in [0.1, 0.15) is 43.9 Å². The van der Waals surface area contributed by atoms with Crippen LogP contribution in [-0.2, 0) is 0 Å². The molecule has 0 aliphatic carbocycles. The largest absolute Gasteiger partial charge is 0.135 e. The topological polar surface area (TPSA) is 0 Å². The van der Waals surface area contributed by atoms with Crippen molar-refractivity contribution in [3.8, 4) is 55.6 Å². The number of hydrogen-bond donors (Lipinski definition) is 0. The summed E-state index contributed by atoms with van der Waals surface area (Å²) < 4.78 is 287. The Labute approximate surface area is 539 Å². The maximum absolute atomic E-state index is 9.45. The fourth-order valence-corrected chi connectivity index (χ4v) is 13.8. The predicted molar refractivity (Wildman–Crippen MR) is 368 cm³/mol. The van der Waals surface area contributed by atoms with Gasteiger partial charge < -0.3 is 0 Å². The molecule has 0 bridgehead atoms. The number of fused-ring (bicyclic) bond motifs is 13. The zero-order chi connectivity index (χ0) is 83.1. The van der Waals surface area contributed by atoms with Crippen LogP contribution in [0.15, 0.2) is 303 Å². The standard InChI is InChI=1S/C42H26S.C40H24S/c1-2-11-28(12-3-1)40-33-15-6-8-17-35(33)41(36-18-9-7-16-34(36)40)29-23-21-27(22-24-29)32-19-10-20-37-38-25-30-13-4-5-14-31(30)26-39(38)43-42(32)37;1-2-11-26-22-29(21-20-25(26)10-1)38-30-14-5-7-16-32(30)39(33-17-8-6-15-31(33)38)35-19-9-18-34-36-23-27-12-3-4-13-28(27)24-37(36)41-40(34)35/h1-26H;1-24H/i6D,7D,8D,9D,15D,16D,17D,18D;1D,2D,3D,4D,5D,6D,7D,8D,9D,10D,11D,12D,13D,14D,15D,16D,17D,18D,19D,20D,21D,22D,23D,24D. The molecule has 0 amide bonds. The van der Waals surface area contributed by atoms with Gasteiger partial charge in [0, 0.05) is 45.9 Å². The van der Waals surface area contributed by atoms with Gasteiger partial charge in [-0.2, -0.15) is 0 Å². The highest BCUT2D eigenvalue weighted by Crippen LogP contribution is 2.50. The molecule has 0 saturated carbocycles. The van der Waals surface area contributed by atoms with Crippen molar-refractivity contribution in [1.82, 2.24) is 0 Å². The summed E-state index contributed by atoms with van der Waals surface area (Å²) in [5.41, 5.74) is 1.58. The van der Waals surface area contributed by atoms with Gasteiger partial charge in [-0.3, -0.25) is 0 Å². The average Bonchev–Trinajstić information content (AvgIpc) is 1.08. The first-order chi connectivity index (χ1) is 55.0. The Kier molecular flexibility index (Phi) is 6.20. The van der Waals surface area contributed by atoms with Crippen LogP contribution in [0.2, 0.25) is 0 Å². The third kappa shape index (κ3) is 7.87. The molecule has 2 heterocycles. The second-order valence-corrected chi connectivity index (χ2v) is 21.8. The van der Waals surface area contributed by atoms with Crippen LogP contribution in [-0.4, -0.2) is 0 Å². The molecule has 0 unspecified atom stereocenters. The van der Waals surface area contributed by atoms with Gasteiger partial charge in [0.25, 0.3) is 0 Å². The van der Waals surface area contributed by atoms with Crippen molar-refractivity contribution < 1.29 is 43.9 Å². The molecule has 0 aliphatic heterocycles. The van der Waals surface area contributed by atoms with Crippen molar-refractivity contribution in [3.05, 3.63) is 303 Å². The van der Waals surface area contributed by atoms with Crippen molar-refractivity contribution in [1.29, 1.82) is 0 Å². The van der Waals surface area contributed by atoms with Crippen molar-refractivity contribution in [2.75, 3.05) is 0 Å². The normalized spacial score (nSPS) is 17.1. The van der Waals surface area contributed by atoms with Gasteiger partial charge in [0.1, 0.15) is 0 Å². The van der Waals surface area contributed by atoms with Gasteiger partial charge in [0.05, 0.1) is 43.9 Å². The van der Waals surface area contributed by atoms with Crippen LogP contribution in [0.4, 0.5) is 0 Å². The van der Waals surface area contributed by atoms with Crippen molar-refractivity contribution in [2.45, 2.75) is 0 Å². The van der Waals surface area contributed by atoms with E-state index in [9.17, 15) is 12.3 Å². The van der Waals surface area contributed by atoms with E-state index < -0.39 is 224 Å². The third-order valence-electron chi connectivity index (χ3n) is 15.1. The molecule has 0 aliphatic rings. The number of hydrogen-bond acceptors (Lipinski definition) is 2. The molecule has 16 aromatic carbocycles. The average molecular weight is 1130 g/mol. The fourth-order valence-electron chi connectivity index (χ4n) is 11.4. The first kappa shape index (κ1) is 26.4. The fraction of sp³-hybridized carbons (Fsp3) is 0. The van der Waals surface area contributed by atoms with E-state index in [2.05, 4.69) is 42.5 Å². The quantitative estimate of drug-likeness (QED) is 0.151. The van der Waals surface area contributed by atoms with Gasteiger partial charge in [-0.15, -0.1) is 22.7 Å². The van der Waals surface area contributed by atoms with Crippen LogP contribution in [0, 0.1) is 0 Å². The lowest BCUT2D eigenvalue weighted by Gasteiger charge is -2.18. The second kappa shape index (κ2) is 19.8. The highest BCUT2D eigenvalue weighted by atomic mass is 32.1. The molecule has 2 aromatic heterocycles. The van der Waals surface area contributed by atoms with Gasteiger partial charge in [0.15, 0.2) is 0 Å². The lowest BCUT2D eigenvalue weighted by Crippen LogP contribution is -1.91. The van der Waals surface area contributed by atoms with Crippen molar-refractivity contribution in [2.24, 2.45) is 0 Å². The molecular weight excluding hydrogens is 1050 g/mol. The summed E-state index contributed by atoms with van der Waals surface area (Å²) in [5, 5.41) is 0.842. The summed E-state index contributed by atoms with van der Waals surface area (Å²) in [6.45, 7) is 0. The van der Waals surface area contributed by atoms with Crippen LogP contribution >= 0.6 is 22.7 Å². The van der Waals surface area contributed by atoms with Gasteiger partial charge in [0.2, 0.25) is 0 Å². The molecule has 0 atom stereocenters. The minimum atomic E-state index is -0.910. The third-order valence-corrected chi connectivity index (χ3v) is 17.4. The van der Waals surface area contributed by atoms with Gasteiger partial charge in [-0.1, -0.05) is 272 Å². The molecule has 2 heteroatoms. The smallest absolute Gasteiger partial charge is 0.0644 e. The highest BCUT2D eigenvalue weighted by Gasteiger charge is 2.21. The Morgan fingerprint density at radius 2 is 0.690 bits per heavy atom. The minimum absolute atomic E-state index is 0.141. The maximum atomic E-state index is 9.45. The zero-order valence-electron chi connectivity index (χ0n) is 75.2. The van der Waals surface area contributed by atoms with Crippen molar-refractivity contribution in [3.63, 3.8) is 0 Å². The molecule has 0 fully saturated rings. The van der Waals surface area contributed by atoms with Crippen LogP contribution in [0.3, 0.4) is 0 Å². The monoisotopic (exact) mass is 1130 g/mol. The Morgan fingerprint density at radius 1 is 0.226 bits per heavy atom. The summed E-state index contributed by atoms with van der Waals surface area (Å²) in [7, 11) is 0. The Balaban J connectivity index is 0.000000172. The van der Waals surface area contributed by atoms with E-state index >= 15 is 0 Å². The summed E-state index contributed by atoms with van der Waals surface area (Å²) >= 11 is 2.39. The molecule has 18 aromatic rings. The molecule has 84 heavy (non-hydrogen) atoms. The Bertz CT molecular complexity index is 7480. The summed E-state index contributed by atoms with van der Waals surface area (Å²) in [5.74, 6) is 0. The Morgan fingerprint density at radius 3 is 1.31 bits per heavy atom. The number of benzene rings is 16. The second-order valence-electron chi connectivity index (χ2n) is 19.7. The number of rotatable bonds is 5. The highest BCUT2D eigenvalue weighted by molar-refractivity contribution is 7.26. The van der Waals surface area contributed by atoms with Gasteiger partial charge in [-0.05, 0) is 156 Å². The molecule has 390 valence electrons. The molecule has 0 spiro atoms. The van der Waals surface area contributed by atoms with E-state index in [1.807, 2.05) is 42.5 Å². The minimum Gasteiger partial charge on any atom is -0.135 e. The summed E-state index contributed by atoms with van der Waals surface area (Å²) in [6, 6.07) is 14.1. The van der Waals surface area contributed by atoms with Gasteiger partial charge >= 0.3 is 0 Å². The van der Waals surface area contributed by atoms with E-state index in [1.165, 1.54) is 26.2 Å². The maximum Gasteiger partial charge on any atom is 0.0644 e. The lowest BCUT2D eigenvalue weighted by atomic mass is 9.85. The van der Waals surface area contributed by atoms with Crippen LogP contribution < -0.4 is 0 Å². The Hall–Kier alpha value is -10.2. The summed E-state index contributed by atoms with van der Waals surface area (Å²) in [4.78, 5) is 0. The predicted octanol–water partition coefficient (Wildman–Crippen LogP) is 24.5. The van der Waals surface area contributed by atoms with Crippen LogP contribution in [0.25, 0.3) is 171 Å². The molecule has 0 radical (unpaired) electrons. The van der Waals surface area contributed by atoms with Crippen molar-refractivity contribution >= 4 is 138 Å². The molecule has 18 rings (SSSR count). The molecular formula is C82H50S2. The molecule has 0 saturated heterocycles. The zero-order valence-corrected chi connectivity index (χ0v) is 44.8. The summed E-state index contributed by atoms with van der Waals surface area (Å²) in [6.07, 6.45) is 0. The van der Waals surface area contributed by atoms with E-state index in [1.54, 1.807) is 35.6 Å². The van der Waals surface area contributed by atoms with E-state index in [4.69, 9.17) is 31.5 Å². The lowest BCUT2D eigenvalue weighted by molar-refractivity contribution is 1.64. The first-order valence-corrected chi connectivity index (χ1v) is 27.9. The van der Waals surface area contributed by atoms with E-state index in [-0.39, 0.29) is 76.7 Å².